The first-order valence-electron chi connectivity index (χ1n) is 40.7. The lowest BCUT2D eigenvalue weighted by Gasteiger charge is -2.21. The monoisotopic (exact) mass is 1440 g/mol. The molecule has 0 spiro atoms. The normalized spacial score (nSPS) is 14.3. The Morgan fingerprint density at radius 1 is 0.286 bits per heavy atom. The van der Waals surface area contributed by atoms with Crippen LogP contribution in [-0.4, -0.2) is 96.7 Å². The third kappa shape index (κ3) is 71.1. The molecular formula is C79H154O17P2. The Balaban J connectivity index is 5.22. The Hall–Kier alpha value is -1.94. The van der Waals surface area contributed by atoms with Gasteiger partial charge in [-0.2, -0.15) is 0 Å². The van der Waals surface area contributed by atoms with E-state index >= 15 is 0 Å². The van der Waals surface area contributed by atoms with Crippen molar-refractivity contribution in [3.05, 3.63) is 0 Å². The van der Waals surface area contributed by atoms with Crippen LogP contribution in [0.3, 0.4) is 0 Å². The fourth-order valence-corrected chi connectivity index (χ4v) is 13.6. The summed E-state index contributed by atoms with van der Waals surface area (Å²) in [5, 5.41) is 10.6. The number of unbranched alkanes of at least 4 members (excludes halogenated alkanes) is 41. The van der Waals surface area contributed by atoms with Crippen molar-refractivity contribution in [2.75, 3.05) is 39.6 Å². The van der Waals surface area contributed by atoms with Gasteiger partial charge in [0.1, 0.15) is 19.3 Å². The number of hydrogen-bond acceptors (Lipinski definition) is 15. The topological polar surface area (TPSA) is 237 Å². The van der Waals surface area contributed by atoms with Gasteiger partial charge in [0.05, 0.1) is 26.4 Å². The van der Waals surface area contributed by atoms with Gasteiger partial charge in [-0.3, -0.25) is 37.3 Å². The van der Waals surface area contributed by atoms with E-state index in [0.717, 1.165) is 114 Å². The number of esters is 4. The van der Waals surface area contributed by atoms with Crippen LogP contribution in [0, 0.1) is 23.7 Å². The number of carbonyl (C=O) groups excluding carboxylic acids is 4. The zero-order valence-electron chi connectivity index (χ0n) is 64.4. The van der Waals surface area contributed by atoms with Crippen molar-refractivity contribution in [2.24, 2.45) is 23.7 Å². The van der Waals surface area contributed by atoms with E-state index in [1.54, 1.807) is 0 Å². The lowest BCUT2D eigenvalue weighted by molar-refractivity contribution is -0.161. The molecule has 19 heteroatoms. The van der Waals surface area contributed by atoms with Crippen LogP contribution in [0.5, 0.6) is 0 Å². The summed E-state index contributed by atoms with van der Waals surface area (Å²) in [4.78, 5) is 72.9. The summed E-state index contributed by atoms with van der Waals surface area (Å²) in [6, 6.07) is 0. The van der Waals surface area contributed by atoms with E-state index in [0.29, 0.717) is 31.6 Å². The van der Waals surface area contributed by atoms with Gasteiger partial charge in [-0.1, -0.05) is 351 Å². The molecule has 0 aromatic carbocycles. The van der Waals surface area contributed by atoms with Crippen LogP contribution in [0.1, 0.15) is 402 Å². The molecule has 0 saturated carbocycles. The summed E-state index contributed by atoms with van der Waals surface area (Å²) in [7, 11) is -9.92. The van der Waals surface area contributed by atoms with Crippen LogP contribution in [0.4, 0.5) is 0 Å². The highest BCUT2D eigenvalue weighted by Crippen LogP contribution is 2.45. The summed E-state index contributed by atoms with van der Waals surface area (Å²) in [5.41, 5.74) is 0. The highest BCUT2D eigenvalue weighted by molar-refractivity contribution is 7.47. The third-order valence-electron chi connectivity index (χ3n) is 18.7. The molecule has 0 aliphatic heterocycles. The van der Waals surface area contributed by atoms with Crippen molar-refractivity contribution < 1.29 is 80.2 Å². The van der Waals surface area contributed by atoms with E-state index in [2.05, 4.69) is 55.4 Å². The number of carbonyl (C=O) groups is 4. The minimum atomic E-state index is -4.96. The first-order chi connectivity index (χ1) is 47.1. The van der Waals surface area contributed by atoms with Crippen molar-refractivity contribution in [1.29, 1.82) is 0 Å². The fourth-order valence-electron chi connectivity index (χ4n) is 12.0. The van der Waals surface area contributed by atoms with Gasteiger partial charge in [0.15, 0.2) is 12.2 Å². The summed E-state index contributed by atoms with van der Waals surface area (Å²) >= 11 is 0. The molecule has 0 amide bonds. The second kappa shape index (κ2) is 68.2. The summed E-state index contributed by atoms with van der Waals surface area (Å²) in [6.07, 6.45) is 54.2. The van der Waals surface area contributed by atoms with Crippen LogP contribution in [-0.2, 0) is 65.4 Å². The maximum Gasteiger partial charge on any atom is 0.472 e. The minimum absolute atomic E-state index is 0.106. The number of aliphatic hydroxyl groups is 1. The van der Waals surface area contributed by atoms with E-state index in [9.17, 15) is 43.2 Å². The molecule has 0 bridgehead atoms. The van der Waals surface area contributed by atoms with Crippen LogP contribution in [0.25, 0.3) is 0 Å². The number of phosphoric acid groups is 2. The second-order valence-corrected chi connectivity index (χ2v) is 33.0. The Kier molecular flexibility index (Phi) is 66.8. The number of aliphatic hydroxyl groups excluding tert-OH is 1. The fraction of sp³-hybridized carbons (Fsp3) is 0.949. The molecule has 0 fully saturated rings. The van der Waals surface area contributed by atoms with Crippen LogP contribution in [0.2, 0.25) is 0 Å². The van der Waals surface area contributed by atoms with Gasteiger partial charge in [-0.25, -0.2) is 9.13 Å². The molecule has 0 aliphatic carbocycles. The molecule has 98 heavy (non-hydrogen) atoms. The van der Waals surface area contributed by atoms with Crippen LogP contribution >= 0.6 is 15.6 Å². The minimum Gasteiger partial charge on any atom is -0.462 e. The zero-order chi connectivity index (χ0) is 72.4. The summed E-state index contributed by atoms with van der Waals surface area (Å²) < 4.78 is 68.6. The molecule has 3 N–H and O–H groups in total. The van der Waals surface area contributed by atoms with E-state index in [-0.39, 0.29) is 25.7 Å². The highest BCUT2D eigenvalue weighted by Gasteiger charge is 2.30. The molecule has 0 saturated heterocycles. The number of rotatable bonds is 76. The molecule has 0 radical (unpaired) electrons. The SMILES string of the molecule is CCC(C)CCCCCCCCCCCCC(=O)OC[C@H](COP(=O)(O)OCC(O)COP(=O)(O)OC[C@@H](COC(=O)CCCCCCCCC(C)C)OC(=O)CCCCCCCCCCCCCCCCCCC(C)C)OC(=O)CCCCCCCCCCCCCCCC(C)C. The first-order valence-corrected chi connectivity index (χ1v) is 43.7. The van der Waals surface area contributed by atoms with E-state index in [1.165, 1.54) is 199 Å². The van der Waals surface area contributed by atoms with Crippen molar-refractivity contribution in [2.45, 2.75) is 420 Å². The van der Waals surface area contributed by atoms with E-state index in [4.69, 9.17) is 37.0 Å². The Bertz CT molecular complexity index is 1920. The van der Waals surface area contributed by atoms with Gasteiger partial charge in [0.2, 0.25) is 0 Å². The maximum atomic E-state index is 13.1. The van der Waals surface area contributed by atoms with Gasteiger partial charge in [-0.05, 0) is 49.4 Å². The number of ether oxygens (including phenoxy) is 4. The molecule has 0 heterocycles. The average molecular weight is 1440 g/mol. The first kappa shape index (κ1) is 96.1. The zero-order valence-corrected chi connectivity index (χ0v) is 66.2. The van der Waals surface area contributed by atoms with Gasteiger partial charge in [0, 0.05) is 25.7 Å². The molecule has 6 atom stereocenters. The van der Waals surface area contributed by atoms with Gasteiger partial charge >= 0.3 is 39.5 Å². The van der Waals surface area contributed by atoms with Gasteiger partial charge < -0.3 is 33.8 Å². The lowest BCUT2D eigenvalue weighted by atomic mass is 9.99. The molecule has 0 aromatic heterocycles. The molecular weight excluding hydrogens is 1280 g/mol. The van der Waals surface area contributed by atoms with Gasteiger partial charge in [0.25, 0.3) is 0 Å². The van der Waals surface area contributed by atoms with Crippen molar-refractivity contribution in [1.82, 2.24) is 0 Å². The third-order valence-corrected chi connectivity index (χ3v) is 20.6. The number of phosphoric ester groups is 2. The molecule has 4 unspecified atom stereocenters. The average Bonchev–Trinajstić information content (AvgIpc) is 1.13. The predicted octanol–water partition coefficient (Wildman–Crippen LogP) is 23.2. The summed E-state index contributed by atoms with van der Waals surface area (Å²) in [5.74, 6) is 0.966. The van der Waals surface area contributed by atoms with Crippen molar-refractivity contribution in [3.8, 4) is 0 Å². The van der Waals surface area contributed by atoms with E-state index < -0.39 is 97.5 Å². The Labute approximate surface area is 600 Å². The highest BCUT2D eigenvalue weighted by atomic mass is 31.2. The Morgan fingerprint density at radius 3 is 0.724 bits per heavy atom. The predicted molar refractivity (Wildman–Crippen MR) is 400 cm³/mol. The quantitative estimate of drug-likeness (QED) is 0.0222. The second-order valence-electron chi connectivity index (χ2n) is 30.1. The summed E-state index contributed by atoms with van der Waals surface area (Å²) in [6.45, 7) is 14.2. The Morgan fingerprint density at radius 2 is 0.490 bits per heavy atom. The molecule has 0 rings (SSSR count). The van der Waals surface area contributed by atoms with Crippen LogP contribution in [0.15, 0.2) is 0 Å². The molecule has 0 aliphatic rings. The molecule has 0 aromatic rings. The van der Waals surface area contributed by atoms with Crippen LogP contribution < -0.4 is 0 Å². The van der Waals surface area contributed by atoms with Crippen molar-refractivity contribution >= 4 is 39.5 Å². The largest absolute Gasteiger partial charge is 0.472 e. The molecule has 582 valence electrons. The van der Waals surface area contributed by atoms with E-state index in [1.807, 2.05) is 0 Å². The van der Waals surface area contributed by atoms with Gasteiger partial charge in [-0.15, -0.1) is 0 Å². The smallest absolute Gasteiger partial charge is 0.462 e. The maximum absolute atomic E-state index is 13.1. The standard InChI is InChI=1S/C79H154O17P2/c1-9-72(8)58-50-42-33-27-23-24-28-34-43-51-59-76(81)89-65-74(95-78(83)62-54-46-36-30-22-18-14-16-20-26-32-40-48-56-70(4)5)67-93-97(85,86)91-63-73(80)64-92-98(87,88)94-68-75(66-90-77(82)60-52-44-38-37-41-49-57-71(6)7)96-79(84)61-53-45-35-29-21-17-13-11-10-12-15-19-25-31-39-47-55-69(2)3/h69-75,80H,9-68H2,1-8H3,(H,85,86)(H,87,88)/t72?,73?,74-,75-/m1/s1. The molecule has 17 nitrogen and oxygen atoms in total. The van der Waals surface area contributed by atoms with Crippen molar-refractivity contribution in [3.63, 3.8) is 0 Å². The lowest BCUT2D eigenvalue weighted by Crippen LogP contribution is -2.30. The number of hydrogen-bond donors (Lipinski definition) is 3.